The van der Waals surface area contributed by atoms with Gasteiger partial charge in [0.2, 0.25) is 5.91 Å². The Morgan fingerprint density at radius 2 is 2.23 bits per heavy atom. The first kappa shape index (κ1) is 18.9. The van der Waals surface area contributed by atoms with Crippen molar-refractivity contribution in [3.63, 3.8) is 0 Å². The average molecular weight is 395 g/mol. The van der Waals surface area contributed by atoms with E-state index in [2.05, 4.69) is 27.1 Å². The molecule has 5 nitrogen and oxygen atoms in total. The largest absolute Gasteiger partial charge is 0.354 e. The molecule has 1 amide bonds. The molecule has 3 rings (SSSR count). The fraction of sp³-hybridized carbons (Fsp3) is 0.389. The molecule has 1 aromatic carbocycles. The Bertz CT molecular complexity index is 792. The van der Waals surface area contributed by atoms with Gasteiger partial charge in [-0.15, -0.1) is 0 Å². The molecule has 1 saturated heterocycles. The highest BCUT2D eigenvalue weighted by molar-refractivity contribution is 7.99. The van der Waals surface area contributed by atoms with Crippen molar-refractivity contribution in [2.75, 3.05) is 22.5 Å². The number of thioether (sulfide) groups is 1. The van der Waals surface area contributed by atoms with Gasteiger partial charge in [-0.2, -0.15) is 0 Å². The third kappa shape index (κ3) is 4.86. The van der Waals surface area contributed by atoms with E-state index in [0.29, 0.717) is 11.1 Å². The zero-order valence-electron chi connectivity index (χ0n) is 14.4. The van der Waals surface area contributed by atoms with Gasteiger partial charge in [0.05, 0.1) is 16.5 Å². The number of carbonyl (C=O) groups is 1. The van der Waals surface area contributed by atoms with Gasteiger partial charge >= 0.3 is 0 Å². The van der Waals surface area contributed by atoms with Gasteiger partial charge in [-0.3, -0.25) is 4.79 Å². The van der Waals surface area contributed by atoms with Gasteiger partial charge in [-0.25, -0.2) is 14.4 Å². The van der Waals surface area contributed by atoms with Crippen LogP contribution in [0.4, 0.5) is 15.9 Å². The number of anilines is 2. The molecule has 1 aliphatic heterocycles. The summed E-state index contributed by atoms with van der Waals surface area (Å²) < 4.78 is 13.3. The highest BCUT2D eigenvalue weighted by Crippen LogP contribution is 2.26. The van der Waals surface area contributed by atoms with E-state index in [-0.39, 0.29) is 17.3 Å². The zero-order valence-corrected chi connectivity index (χ0v) is 16.0. The maximum absolute atomic E-state index is 13.3. The van der Waals surface area contributed by atoms with E-state index in [1.165, 1.54) is 42.7 Å². The topological polar surface area (TPSA) is 58.1 Å². The Morgan fingerprint density at radius 1 is 1.38 bits per heavy atom. The molecule has 26 heavy (non-hydrogen) atoms. The minimum Gasteiger partial charge on any atom is -0.354 e. The summed E-state index contributed by atoms with van der Waals surface area (Å²) in [4.78, 5) is 23.0. The number of halogens is 2. The number of benzene rings is 1. The van der Waals surface area contributed by atoms with E-state index < -0.39 is 5.82 Å². The van der Waals surface area contributed by atoms with Crippen molar-refractivity contribution in [1.82, 2.24) is 9.97 Å². The SMILES string of the molecule is CC1CCCCN1c1cc(SCC(=O)Nc2cc(F)ccc2Cl)ncn1. The van der Waals surface area contributed by atoms with Gasteiger partial charge < -0.3 is 10.2 Å². The summed E-state index contributed by atoms with van der Waals surface area (Å²) in [6.45, 7) is 3.19. The van der Waals surface area contributed by atoms with Gasteiger partial charge in [0.1, 0.15) is 23.0 Å². The van der Waals surface area contributed by atoms with Crippen LogP contribution in [0.25, 0.3) is 0 Å². The van der Waals surface area contributed by atoms with Crippen LogP contribution in [-0.4, -0.2) is 34.2 Å². The third-order valence-corrected chi connectivity index (χ3v) is 5.53. The molecule has 1 atom stereocenters. The van der Waals surface area contributed by atoms with Gasteiger partial charge in [-0.1, -0.05) is 23.4 Å². The minimum absolute atomic E-state index is 0.152. The van der Waals surface area contributed by atoms with Crippen LogP contribution in [0.3, 0.4) is 0 Å². The quantitative estimate of drug-likeness (QED) is 0.602. The molecule has 8 heteroatoms. The average Bonchev–Trinajstić information content (AvgIpc) is 2.64. The fourth-order valence-electron chi connectivity index (χ4n) is 2.92. The number of hydrogen-bond acceptors (Lipinski definition) is 5. The van der Waals surface area contributed by atoms with Gasteiger partial charge in [0.25, 0.3) is 0 Å². The Hall–Kier alpha value is -1.86. The number of piperidine rings is 1. The first-order valence-corrected chi connectivity index (χ1v) is 9.85. The van der Waals surface area contributed by atoms with Crippen molar-refractivity contribution < 1.29 is 9.18 Å². The molecule has 1 unspecified atom stereocenters. The molecule has 0 bridgehead atoms. The molecule has 1 aromatic heterocycles. The second-order valence-corrected chi connectivity index (χ2v) is 7.62. The number of rotatable bonds is 5. The molecular weight excluding hydrogens is 375 g/mol. The standard InChI is InChI=1S/C18H20ClFN4OS/c1-12-4-2-3-7-24(12)16-9-18(22-11-21-16)26-10-17(25)23-15-8-13(20)5-6-14(15)19/h5-6,8-9,11-12H,2-4,7,10H2,1H3,(H,23,25). The van der Waals surface area contributed by atoms with Crippen LogP contribution in [0.5, 0.6) is 0 Å². The van der Waals surface area contributed by atoms with Crippen molar-refractivity contribution in [2.45, 2.75) is 37.3 Å². The highest BCUT2D eigenvalue weighted by Gasteiger charge is 2.20. The second-order valence-electron chi connectivity index (χ2n) is 6.21. The van der Waals surface area contributed by atoms with Crippen molar-refractivity contribution in [3.8, 4) is 0 Å². The number of amides is 1. The number of aromatic nitrogens is 2. The van der Waals surface area contributed by atoms with Crippen LogP contribution in [0.15, 0.2) is 35.6 Å². The summed E-state index contributed by atoms with van der Waals surface area (Å²) >= 11 is 7.27. The molecule has 0 aliphatic carbocycles. The molecule has 1 fully saturated rings. The second kappa shape index (κ2) is 8.68. The fourth-order valence-corrected chi connectivity index (χ4v) is 3.75. The third-order valence-electron chi connectivity index (χ3n) is 4.28. The van der Waals surface area contributed by atoms with Crippen molar-refractivity contribution in [2.24, 2.45) is 0 Å². The summed E-state index contributed by atoms with van der Waals surface area (Å²) in [5.41, 5.74) is 0.266. The number of nitrogens with zero attached hydrogens (tertiary/aromatic N) is 3. The Morgan fingerprint density at radius 3 is 3.04 bits per heavy atom. The lowest BCUT2D eigenvalue weighted by molar-refractivity contribution is -0.113. The Labute approximate surface area is 161 Å². The molecule has 138 valence electrons. The summed E-state index contributed by atoms with van der Waals surface area (Å²) in [7, 11) is 0. The van der Waals surface area contributed by atoms with Crippen LogP contribution in [0.1, 0.15) is 26.2 Å². The Kier molecular flexibility index (Phi) is 6.32. The number of hydrogen-bond donors (Lipinski definition) is 1. The van der Waals surface area contributed by atoms with E-state index in [1.54, 1.807) is 0 Å². The normalized spacial score (nSPS) is 17.2. The lowest BCUT2D eigenvalue weighted by atomic mass is 10.0. The van der Waals surface area contributed by atoms with Crippen LogP contribution >= 0.6 is 23.4 Å². The van der Waals surface area contributed by atoms with Crippen molar-refractivity contribution in [1.29, 1.82) is 0 Å². The molecule has 1 N–H and O–H groups in total. The van der Waals surface area contributed by atoms with E-state index in [9.17, 15) is 9.18 Å². The molecule has 1 aliphatic rings. The minimum atomic E-state index is -0.451. The van der Waals surface area contributed by atoms with Gasteiger partial charge in [0, 0.05) is 18.7 Å². The summed E-state index contributed by atoms with van der Waals surface area (Å²) in [5, 5.41) is 3.65. The molecule has 0 radical (unpaired) electrons. The Balaban J connectivity index is 1.60. The lowest BCUT2D eigenvalue weighted by Crippen LogP contribution is -2.38. The van der Waals surface area contributed by atoms with Crippen LogP contribution in [0.2, 0.25) is 5.02 Å². The number of nitrogens with one attached hydrogen (secondary N) is 1. The first-order valence-electron chi connectivity index (χ1n) is 8.49. The van der Waals surface area contributed by atoms with E-state index in [1.807, 2.05) is 6.07 Å². The first-order chi connectivity index (χ1) is 12.5. The maximum Gasteiger partial charge on any atom is 0.234 e. The lowest BCUT2D eigenvalue weighted by Gasteiger charge is -2.34. The van der Waals surface area contributed by atoms with Crippen LogP contribution in [0, 0.1) is 5.82 Å². The molecular formula is C18H20ClFN4OS. The summed E-state index contributed by atoms with van der Waals surface area (Å²) in [6.07, 6.45) is 5.09. The molecule has 2 aromatic rings. The monoisotopic (exact) mass is 394 g/mol. The van der Waals surface area contributed by atoms with Crippen molar-refractivity contribution >= 4 is 40.8 Å². The predicted molar refractivity (Wildman–Crippen MR) is 103 cm³/mol. The van der Waals surface area contributed by atoms with E-state index >= 15 is 0 Å². The predicted octanol–water partition coefficient (Wildman–Crippen LogP) is 4.38. The van der Waals surface area contributed by atoms with Crippen LogP contribution in [-0.2, 0) is 4.79 Å². The number of carbonyl (C=O) groups excluding carboxylic acids is 1. The summed E-state index contributed by atoms with van der Waals surface area (Å²) in [6, 6.07) is 6.22. The van der Waals surface area contributed by atoms with Crippen molar-refractivity contribution in [3.05, 3.63) is 41.4 Å². The zero-order chi connectivity index (χ0) is 18.5. The molecule has 0 spiro atoms. The van der Waals surface area contributed by atoms with E-state index in [0.717, 1.165) is 30.2 Å². The summed E-state index contributed by atoms with van der Waals surface area (Å²) in [5.74, 6) is 0.324. The molecule has 0 saturated carbocycles. The maximum atomic E-state index is 13.3. The highest BCUT2D eigenvalue weighted by atomic mass is 35.5. The van der Waals surface area contributed by atoms with Crippen LogP contribution < -0.4 is 10.2 Å². The van der Waals surface area contributed by atoms with Gasteiger partial charge in [-0.05, 0) is 44.4 Å². The smallest absolute Gasteiger partial charge is 0.234 e. The van der Waals surface area contributed by atoms with E-state index in [4.69, 9.17) is 11.6 Å². The molecule has 2 heterocycles. The van der Waals surface area contributed by atoms with Gasteiger partial charge in [0.15, 0.2) is 0 Å².